The SMILES string of the molecule is CCC(N)(N)c1ccc([C](c2ccccc2)c2ccccc2)cc1. The zero-order valence-corrected chi connectivity index (χ0v) is 13.9. The minimum atomic E-state index is -0.780. The van der Waals surface area contributed by atoms with Crippen LogP contribution in [0.15, 0.2) is 84.9 Å². The number of hydrogen-bond donors (Lipinski definition) is 2. The first-order chi connectivity index (χ1) is 11.6. The van der Waals surface area contributed by atoms with Gasteiger partial charge in [0, 0.05) is 0 Å². The van der Waals surface area contributed by atoms with Crippen LogP contribution in [-0.4, -0.2) is 0 Å². The minimum absolute atomic E-state index is 0.695. The molecule has 4 N–H and O–H groups in total. The van der Waals surface area contributed by atoms with Crippen LogP contribution >= 0.6 is 0 Å². The molecule has 0 fully saturated rings. The minimum Gasteiger partial charge on any atom is -0.310 e. The highest BCUT2D eigenvalue weighted by Crippen LogP contribution is 2.31. The molecule has 0 spiro atoms. The first-order valence-corrected chi connectivity index (χ1v) is 8.28. The summed E-state index contributed by atoms with van der Waals surface area (Å²) in [6, 6.07) is 29.2. The molecule has 3 rings (SSSR count). The van der Waals surface area contributed by atoms with Gasteiger partial charge in [-0.2, -0.15) is 0 Å². The van der Waals surface area contributed by atoms with Crippen LogP contribution < -0.4 is 11.5 Å². The second-order valence-electron chi connectivity index (χ2n) is 6.08. The Bertz CT molecular complexity index is 723. The monoisotopic (exact) mass is 315 g/mol. The van der Waals surface area contributed by atoms with Crippen LogP contribution in [0.3, 0.4) is 0 Å². The van der Waals surface area contributed by atoms with E-state index in [1.807, 2.05) is 31.2 Å². The molecule has 121 valence electrons. The predicted molar refractivity (Wildman–Crippen MR) is 100 cm³/mol. The number of benzene rings is 3. The van der Waals surface area contributed by atoms with Crippen molar-refractivity contribution in [3.05, 3.63) is 113 Å². The van der Waals surface area contributed by atoms with Crippen molar-refractivity contribution < 1.29 is 0 Å². The van der Waals surface area contributed by atoms with Crippen molar-refractivity contribution >= 4 is 0 Å². The predicted octanol–water partition coefficient (Wildman–Crippen LogP) is 4.19. The Morgan fingerprint density at radius 3 is 1.50 bits per heavy atom. The van der Waals surface area contributed by atoms with E-state index in [0.717, 1.165) is 11.1 Å². The lowest BCUT2D eigenvalue weighted by molar-refractivity contribution is 0.448. The van der Waals surface area contributed by atoms with E-state index in [9.17, 15) is 0 Å². The molecule has 0 unspecified atom stereocenters. The maximum Gasteiger partial charge on any atom is 0.0896 e. The summed E-state index contributed by atoms with van der Waals surface area (Å²) in [6.45, 7) is 2.00. The van der Waals surface area contributed by atoms with Crippen LogP contribution in [-0.2, 0) is 5.66 Å². The standard InChI is InChI=1S/C22H23N2/c1-2-22(23,24)20-15-13-19(14-16-20)21(17-9-5-3-6-10-17)18-11-7-4-8-12-18/h3-16H,2,23-24H2,1H3. The van der Waals surface area contributed by atoms with Crippen LogP contribution in [0.1, 0.15) is 35.6 Å². The van der Waals surface area contributed by atoms with E-state index in [1.165, 1.54) is 17.0 Å². The molecule has 0 bridgehead atoms. The summed E-state index contributed by atoms with van der Waals surface area (Å²) in [6.07, 6.45) is 0.695. The Morgan fingerprint density at radius 1 is 0.667 bits per heavy atom. The van der Waals surface area contributed by atoms with Gasteiger partial charge in [-0.05, 0) is 28.7 Å². The van der Waals surface area contributed by atoms with E-state index in [-0.39, 0.29) is 0 Å². The van der Waals surface area contributed by atoms with Crippen molar-refractivity contribution in [2.75, 3.05) is 0 Å². The third kappa shape index (κ3) is 3.40. The summed E-state index contributed by atoms with van der Waals surface area (Å²) in [4.78, 5) is 0. The fourth-order valence-corrected chi connectivity index (χ4v) is 2.86. The van der Waals surface area contributed by atoms with E-state index in [1.54, 1.807) is 0 Å². The fourth-order valence-electron chi connectivity index (χ4n) is 2.86. The van der Waals surface area contributed by atoms with Gasteiger partial charge in [0.1, 0.15) is 0 Å². The van der Waals surface area contributed by atoms with Gasteiger partial charge in [0.2, 0.25) is 0 Å². The van der Waals surface area contributed by atoms with Crippen LogP contribution in [0.2, 0.25) is 0 Å². The maximum absolute atomic E-state index is 6.16. The molecule has 24 heavy (non-hydrogen) atoms. The first kappa shape index (κ1) is 16.4. The molecular weight excluding hydrogens is 292 g/mol. The Balaban J connectivity index is 2.04. The quantitative estimate of drug-likeness (QED) is 0.548. The topological polar surface area (TPSA) is 52.0 Å². The van der Waals surface area contributed by atoms with E-state index >= 15 is 0 Å². The molecule has 0 aliphatic heterocycles. The third-order valence-electron chi connectivity index (χ3n) is 4.42. The third-order valence-corrected chi connectivity index (χ3v) is 4.42. The van der Waals surface area contributed by atoms with Gasteiger partial charge < -0.3 is 11.5 Å². The molecule has 3 aromatic carbocycles. The largest absolute Gasteiger partial charge is 0.310 e. The molecule has 0 saturated heterocycles. The molecule has 0 heterocycles. The Kier molecular flexibility index (Phi) is 4.79. The molecule has 2 heteroatoms. The summed E-state index contributed by atoms with van der Waals surface area (Å²) in [5, 5.41) is 0. The van der Waals surface area contributed by atoms with Gasteiger partial charge in [-0.3, -0.25) is 0 Å². The lowest BCUT2D eigenvalue weighted by Crippen LogP contribution is -2.45. The number of nitrogens with two attached hydrogens (primary N) is 2. The first-order valence-electron chi connectivity index (χ1n) is 8.28. The highest BCUT2D eigenvalue weighted by atomic mass is 14.9. The zero-order chi connectivity index (χ0) is 17.0. The summed E-state index contributed by atoms with van der Waals surface area (Å²) < 4.78 is 0. The normalized spacial score (nSPS) is 11.7. The van der Waals surface area contributed by atoms with E-state index in [4.69, 9.17) is 11.5 Å². The molecule has 0 aliphatic carbocycles. The highest BCUT2D eigenvalue weighted by Gasteiger charge is 2.21. The molecule has 0 atom stereocenters. The Labute approximate surface area is 144 Å². The fraction of sp³-hybridized carbons (Fsp3) is 0.136. The Morgan fingerprint density at radius 2 is 1.08 bits per heavy atom. The molecule has 0 aromatic heterocycles. The zero-order valence-electron chi connectivity index (χ0n) is 13.9. The van der Waals surface area contributed by atoms with Crippen LogP contribution in [0, 0.1) is 5.92 Å². The van der Waals surface area contributed by atoms with Gasteiger partial charge in [0.15, 0.2) is 0 Å². The Hall–Kier alpha value is -2.42. The van der Waals surface area contributed by atoms with Gasteiger partial charge in [-0.25, -0.2) is 0 Å². The number of rotatable bonds is 5. The van der Waals surface area contributed by atoms with Gasteiger partial charge in [-0.15, -0.1) is 0 Å². The van der Waals surface area contributed by atoms with Crippen molar-refractivity contribution in [3.8, 4) is 0 Å². The van der Waals surface area contributed by atoms with Crippen LogP contribution in [0.25, 0.3) is 0 Å². The lowest BCUT2D eigenvalue weighted by atomic mass is 9.84. The molecule has 0 saturated carbocycles. The van der Waals surface area contributed by atoms with Crippen molar-refractivity contribution in [3.63, 3.8) is 0 Å². The second kappa shape index (κ2) is 7.00. The van der Waals surface area contributed by atoms with E-state index in [2.05, 4.69) is 60.7 Å². The highest BCUT2D eigenvalue weighted by molar-refractivity contribution is 5.57. The van der Waals surface area contributed by atoms with Gasteiger partial charge >= 0.3 is 0 Å². The molecule has 0 amide bonds. The maximum atomic E-state index is 6.16. The van der Waals surface area contributed by atoms with Crippen LogP contribution in [0.5, 0.6) is 0 Å². The number of hydrogen-bond acceptors (Lipinski definition) is 2. The average Bonchev–Trinajstić information content (AvgIpc) is 2.64. The van der Waals surface area contributed by atoms with Gasteiger partial charge in [-0.1, -0.05) is 91.9 Å². The summed E-state index contributed by atoms with van der Waals surface area (Å²) >= 11 is 0. The second-order valence-corrected chi connectivity index (χ2v) is 6.08. The summed E-state index contributed by atoms with van der Waals surface area (Å²) in [7, 11) is 0. The summed E-state index contributed by atoms with van der Waals surface area (Å²) in [5.41, 5.74) is 16.0. The van der Waals surface area contributed by atoms with Crippen molar-refractivity contribution in [1.82, 2.24) is 0 Å². The molecule has 0 aliphatic rings. The van der Waals surface area contributed by atoms with Crippen LogP contribution in [0.4, 0.5) is 0 Å². The molecule has 2 nitrogen and oxygen atoms in total. The molecular formula is C22H23N2. The van der Waals surface area contributed by atoms with Gasteiger partial charge in [0.25, 0.3) is 0 Å². The van der Waals surface area contributed by atoms with Crippen molar-refractivity contribution in [2.45, 2.75) is 19.0 Å². The average molecular weight is 315 g/mol. The van der Waals surface area contributed by atoms with Crippen molar-refractivity contribution in [1.29, 1.82) is 0 Å². The van der Waals surface area contributed by atoms with E-state index < -0.39 is 5.66 Å². The molecule has 3 aromatic rings. The lowest BCUT2D eigenvalue weighted by Gasteiger charge is -2.24. The molecule has 1 radical (unpaired) electrons. The van der Waals surface area contributed by atoms with E-state index in [0.29, 0.717) is 6.42 Å². The smallest absolute Gasteiger partial charge is 0.0896 e. The van der Waals surface area contributed by atoms with Crippen molar-refractivity contribution in [2.24, 2.45) is 11.5 Å². The van der Waals surface area contributed by atoms with Gasteiger partial charge in [0.05, 0.1) is 11.6 Å². The summed E-state index contributed by atoms with van der Waals surface area (Å²) in [5.74, 6) is 1.21.